The van der Waals surface area contributed by atoms with Crippen LogP contribution in [0.4, 0.5) is 0 Å². The molecule has 0 aliphatic carbocycles. The van der Waals surface area contributed by atoms with Crippen LogP contribution in [0.25, 0.3) is 5.65 Å². The average molecular weight is 177 g/mol. The van der Waals surface area contributed by atoms with E-state index in [0.29, 0.717) is 17.2 Å². The third-order valence-electron chi connectivity index (χ3n) is 1.74. The van der Waals surface area contributed by atoms with E-state index >= 15 is 0 Å². The Morgan fingerprint density at radius 2 is 2.31 bits per heavy atom. The quantitative estimate of drug-likeness (QED) is 0.628. The zero-order chi connectivity index (χ0) is 9.26. The van der Waals surface area contributed by atoms with Crippen molar-refractivity contribution < 1.29 is 9.53 Å². The summed E-state index contributed by atoms with van der Waals surface area (Å²) in [5, 5.41) is 0. The molecule has 2 heterocycles. The molecule has 0 saturated heterocycles. The van der Waals surface area contributed by atoms with E-state index in [1.807, 2.05) is 0 Å². The summed E-state index contributed by atoms with van der Waals surface area (Å²) >= 11 is 0. The van der Waals surface area contributed by atoms with Gasteiger partial charge >= 0.3 is 0 Å². The lowest BCUT2D eigenvalue weighted by Gasteiger charge is -2.02. The van der Waals surface area contributed by atoms with Gasteiger partial charge in [0.15, 0.2) is 11.9 Å². The number of hydrogen-bond donors (Lipinski definition) is 0. The first-order valence-corrected chi connectivity index (χ1v) is 3.67. The Bertz CT molecular complexity index is 450. The van der Waals surface area contributed by atoms with Crippen LogP contribution in [0, 0.1) is 0 Å². The summed E-state index contributed by atoms with van der Waals surface area (Å²) in [6.45, 7) is 0. The van der Waals surface area contributed by atoms with Crippen LogP contribution in [-0.4, -0.2) is 27.8 Å². The largest absolute Gasteiger partial charge is 0.481 e. The Morgan fingerprint density at radius 3 is 3.00 bits per heavy atom. The maximum absolute atomic E-state index is 10.6. The van der Waals surface area contributed by atoms with Crippen LogP contribution in [0.15, 0.2) is 18.6 Å². The van der Waals surface area contributed by atoms with Crippen molar-refractivity contribution in [3.05, 3.63) is 24.3 Å². The fraction of sp³-hybridized carbons (Fsp3) is 0.125. The zero-order valence-electron chi connectivity index (χ0n) is 6.97. The van der Waals surface area contributed by atoms with E-state index in [0.717, 1.165) is 6.29 Å². The molecule has 0 aliphatic rings. The number of nitrogens with zero attached hydrogens (tertiary/aromatic N) is 3. The fourth-order valence-electron chi connectivity index (χ4n) is 1.16. The van der Waals surface area contributed by atoms with Gasteiger partial charge < -0.3 is 4.74 Å². The van der Waals surface area contributed by atoms with Gasteiger partial charge in [0, 0.05) is 0 Å². The second kappa shape index (κ2) is 2.85. The number of methoxy groups -OCH3 is 1. The van der Waals surface area contributed by atoms with Crippen LogP contribution in [-0.2, 0) is 0 Å². The van der Waals surface area contributed by atoms with Crippen molar-refractivity contribution in [2.24, 2.45) is 0 Å². The molecule has 0 radical (unpaired) electrons. The normalized spacial score (nSPS) is 10.2. The van der Waals surface area contributed by atoms with Gasteiger partial charge in [0.1, 0.15) is 5.69 Å². The molecule has 0 fully saturated rings. The summed E-state index contributed by atoms with van der Waals surface area (Å²) in [6.07, 6.45) is 5.30. The molecule has 0 N–H and O–H groups in total. The lowest BCUT2D eigenvalue weighted by molar-refractivity contribution is 0.111. The Labute approximate surface area is 74.0 Å². The molecule has 0 spiro atoms. The van der Waals surface area contributed by atoms with Crippen LogP contribution in [0.2, 0.25) is 0 Å². The highest BCUT2D eigenvalue weighted by Gasteiger charge is 2.06. The van der Waals surface area contributed by atoms with Gasteiger partial charge in [-0.3, -0.25) is 14.2 Å². The summed E-state index contributed by atoms with van der Waals surface area (Å²) in [6, 6.07) is 0. The summed E-state index contributed by atoms with van der Waals surface area (Å²) in [4.78, 5) is 18.5. The molecular formula is C8H7N3O2. The molecule has 2 rings (SSSR count). The minimum absolute atomic E-state index is 0.453. The second-order valence-electron chi connectivity index (χ2n) is 2.44. The maximum Gasteiger partial charge on any atom is 0.218 e. The molecule has 5 nitrogen and oxygen atoms in total. The smallest absolute Gasteiger partial charge is 0.218 e. The average Bonchev–Trinajstić information content (AvgIpc) is 2.60. The SMILES string of the molecule is COc1cncc2ncc(C=O)n12. The van der Waals surface area contributed by atoms with Crippen LogP contribution < -0.4 is 4.74 Å². The Kier molecular flexibility index (Phi) is 1.70. The van der Waals surface area contributed by atoms with E-state index in [1.54, 1.807) is 10.6 Å². The molecule has 0 atom stereocenters. The second-order valence-corrected chi connectivity index (χ2v) is 2.44. The first-order valence-electron chi connectivity index (χ1n) is 3.67. The molecule has 2 aromatic heterocycles. The summed E-state index contributed by atoms with van der Waals surface area (Å²) in [5.41, 5.74) is 1.05. The van der Waals surface area contributed by atoms with Crippen molar-refractivity contribution in [3.8, 4) is 5.88 Å². The predicted octanol–water partition coefficient (Wildman–Crippen LogP) is 0.550. The van der Waals surface area contributed by atoms with Gasteiger partial charge in [-0.25, -0.2) is 4.98 Å². The molecule has 13 heavy (non-hydrogen) atoms. The lowest BCUT2D eigenvalue weighted by atomic mass is 10.5. The fourth-order valence-corrected chi connectivity index (χ4v) is 1.16. The first-order chi connectivity index (χ1) is 6.36. The van der Waals surface area contributed by atoms with Gasteiger partial charge in [-0.1, -0.05) is 0 Å². The van der Waals surface area contributed by atoms with Crippen molar-refractivity contribution in [2.45, 2.75) is 0 Å². The third kappa shape index (κ3) is 1.05. The summed E-state index contributed by atoms with van der Waals surface area (Å²) in [7, 11) is 1.52. The molecule has 2 aromatic rings. The standard InChI is InChI=1S/C8H7N3O2/c1-13-8-4-9-3-7-10-2-6(5-12)11(7)8/h2-5H,1H3. The number of hydrogen-bond acceptors (Lipinski definition) is 4. The van der Waals surface area contributed by atoms with Gasteiger partial charge in [0.25, 0.3) is 0 Å². The Morgan fingerprint density at radius 1 is 1.46 bits per heavy atom. The van der Waals surface area contributed by atoms with Crippen molar-refractivity contribution >= 4 is 11.9 Å². The van der Waals surface area contributed by atoms with Crippen molar-refractivity contribution in [1.82, 2.24) is 14.4 Å². The van der Waals surface area contributed by atoms with Crippen LogP contribution in [0.3, 0.4) is 0 Å². The highest BCUT2D eigenvalue weighted by Crippen LogP contribution is 2.13. The molecule has 0 aromatic carbocycles. The third-order valence-corrected chi connectivity index (χ3v) is 1.74. The van der Waals surface area contributed by atoms with E-state index in [2.05, 4.69) is 9.97 Å². The van der Waals surface area contributed by atoms with Gasteiger partial charge in [-0.05, 0) is 0 Å². The van der Waals surface area contributed by atoms with Gasteiger partial charge in [-0.2, -0.15) is 0 Å². The molecule has 0 amide bonds. The number of aromatic nitrogens is 3. The van der Waals surface area contributed by atoms with Gasteiger partial charge in [0.05, 0.1) is 25.7 Å². The molecule has 0 unspecified atom stereocenters. The summed E-state index contributed by atoms with van der Waals surface area (Å²) in [5.74, 6) is 0.497. The van der Waals surface area contributed by atoms with E-state index in [1.165, 1.54) is 19.5 Å². The van der Waals surface area contributed by atoms with E-state index in [4.69, 9.17) is 4.74 Å². The topological polar surface area (TPSA) is 56.5 Å². The number of carbonyl (C=O) groups is 1. The molecule has 0 saturated carbocycles. The number of fused-ring (bicyclic) bond motifs is 1. The predicted molar refractivity (Wildman–Crippen MR) is 44.9 cm³/mol. The molecular weight excluding hydrogens is 170 g/mol. The number of ether oxygens (including phenoxy) is 1. The number of aldehydes is 1. The van der Waals surface area contributed by atoms with Gasteiger partial charge in [-0.15, -0.1) is 0 Å². The molecule has 0 aliphatic heterocycles. The monoisotopic (exact) mass is 177 g/mol. The highest BCUT2D eigenvalue weighted by molar-refractivity contribution is 5.74. The van der Waals surface area contributed by atoms with Crippen molar-refractivity contribution in [3.63, 3.8) is 0 Å². The number of imidazole rings is 1. The van der Waals surface area contributed by atoms with Crippen LogP contribution in [0.1, 0.15) is 10.5 Å². The van der Waals surface area contributed by atoms with Gasteiger partial charge in [0.2, 0.25) is 5.88 Å². The Balaban J connectivity index is 2.83. The first kappa shape index (κ1) is 7.72. The number of rotatable bonds is 2. The number of carbonyl (C=O) groups excluding carboxylic acids is 1. The Hall–Kier alpha value is -1.91. The van der Waals surface area contributed by atoms with E-state index in [9.17, 15) is 4.79 Å². The van der Waals surface area contributed by atoms with Crippen molar-refractivity contribution in [2.75, 3.05) is 7.11 Å². The highest BCUT2D eigenvalue weighted by atomic mass is 16.5. The van der Waals surface area contributed by atoms with E-state index in [-0.39, 0.29) is 0 Å². The maximum atomic E-state index is 10.6. The minimum Gasteiger partial charge on any atom is -0.481 e. The lowest BCUT2D eigenvalue weighted by Crippen LogP contribution is -1.98. The van der Waals surface area contributed by atoms with E-state index < -0.39 is 0 Å². The van der Waals surface area contributed by atoms with Crippen molar-refractivity contribution in [1.29, 1.82) is 0 Å². The molecule has 66 valence electrons. The summed E-state index contributed by atoms with van der Waals surface area (Å²) < 4.78 is 6.63. The van der Waals surface area contributed by atoms with Crippen LogP contribution >= 0.6 is 0 Å². The minimum atomic E-state index is 0.453. The van der Waals surface area contributed by atoms with Crippen LogP contribution in [0.5, 0.6) is 5.88 Å². The molecule has 0 bridgehead atoms. The molecule has 5 heteroatoms. The zero-order valence-corrected chi connectivity index (χ0v) is 6.97.